The summed E-state index contributed by atoms with van der Waals surface area (Å²) in [7, 11) is 0. The molecule has 1 aliphatic rings. The number of nitrogens with one attached hydrogen (secondary N) is 2. The zero-order valence-corrected chi connectivity index (χ0v) is 17.7. The van der Waals surface area contributed by atoms with Gasteiger partial charge in [0, 0.05) is 18.2 Å². The molecular weight excluding hydrogens is 390 g/mol. The molecule has 0 aliphatic heterocycles. The molecule has 2 N–H and O–H groups in total. The number of nitrogens with zero attached hydrogens (tertiary/aromatic N) is 1. The molecule has 6 heteroatoms. The van der Waals surface area contributed by atoms with Crippen LogP contribution in [0.25, 0.3) is 10.8 Å². The van der Waals surface area contributed by atoms with Gasteiger partial charge in [-0.15, -0.1) is 0 Å². The van der Waals surface area contributed by atoms with Crippen LogP contribution in [0.1, 0.15) is 58.5 Å². The Morgan fingerprint density at radius 1 is 0.968 bits per heavy atom. The minimum Gasteiger partial charge on any atom is -0.618 e. The lowest BCUT2D eigenvalue weighted by molar-refractivity contribution is -0.607. The van der Waals surface area contributed by atoms with Crippen LogP contribution < -0.4 is 15.4 Å². The average Bonchev–Trinajstić information content (AvgIpc) is 2.78. The van der Waals surface area contributed by atoms with Crippen molar-refractivity contribution in [2.45, 2.75) is 39.0 Å². The number of fused-ring (bicyclic) bond motifs is 1. The van der Waals surface area contributed by atoms with E-state index in [1.54, 1.807) is 12.1 Å². The second kappa shape index (κ2) is 9.16. The lowest BCUT2D eigenvalue weighted by Crippen LogP contribution is -2.42. The smallest absolute Gasteiger partial charge is 0.319 e. The third-order valence-electron chi connectivity index (χ3n) is 6.09. The number of amides is 2. The van der Waals surface area contributed by atoms with E-state index >= 15 is 0 Å². The summed E-state index contributed by atoms with van der Waals surface area (Å²) in [4.78, 5) is 25.9. The third-order valence-corrected chi connectivity index (χ3v) is 6.09. The van der Waals surface area contributed by atoms with Crippen LogP contribution in [0, 0.1) is 18.0 Å². The van der Waals surface area contributed by atoms with Gasteiger partial charge in [-0.05, 0) is 54.2 Å². The summed E-state index contributed by atoms with van der Waals surface area (Å²) in [6, 6.07) is 14.5. The largest absolute Gasteiger partial charge is 0.618 e. The normalized spacial score (nSPS) is 14.4. The number of hydrogen-bond acceptors (Lipinski definition) is 3. The van der Waals surface area contributed by atoms with Gasteiger partial charge in [-0.3, -0.25) is 9.59 Å². The Labute approximate surface area is 181 Å². The SMILES string of the molecule is Cc1ccc(C(=O)Nc2ccc[n+]([O-])c2C(=O)NCC2CCCCC2)c2ccccc12. The molecule has 0 radical (unpaired) electrons. The van der Waals surface area contributed by atoms with Gasteiger partial charge in [0.1, 0.15) is 5.69 Å². The topological polar surface area (TPSA) is 85.1 Å². The number of carbonyl (C=O) groups is 2. The highest BCUT2D eigenvalue weighted by Crippen LogP contribution is 2.25. The van der Waals surface area contributed by atoms with E-state index in [-0.39, 0.29) is 17.3 Å². The van der Waals surface area contributed by atoms with E-state index in [4.69, 9.17) is 0 Å². The molecule has 1 saturated carbocycles. The number of pyridine rings is 1. The van der Waals surface area contributed by atoms with Gasteiger partial charge in [-0.2, -0.15) is 4.73 Å². The summed E-state index contributed by atoms with van der Waals surface area (Å²) < 4.78 is 0.513. The van der Waals surface area contributed by atoms with Crippen LogP contribution in [0.5, 0.6) is 0 Å². The van der Waals surface area contributed by atoms with E-state index in [0.717, 1.165) is 29.2 Å². The first-order valence-electron chi connectivity index (χ1n) is 10.8. The summed E-state index contributed by atoms with van der Waals surface area (Å²) in [5, 5.41) is 19.9. The van der Waals surface area contributed by atoms with Crippen molar-refractivity contribution in [1.82, 2.24) is 5.32 Å². The fraction of sp³-hybridized carbons (Fsp3) is 0.320. The number of rotatable bonds is 5. The fourth-order valence-corrected chi connectivity index (χ4v) is 4.36. The quantitative estimate of drug-likeness (QED) is 0.478. The van der Waals surface area contributed by atoms with E-state index in [1.165, 1.54) is 31.5 Å². The van der Waals surface area contributed by atoms with Crippen LogP contribution in [-0.4, -0.2) is 18.4 Å². The summed E-state index contributed by atoms with van der Waals surface area (Å²) in [6.07, 6.45) is 7.06. The molecule has 3 aromatic rings. The molecule has 160 valence electrons. The van der Waals surface area contributed by atoms with Crippen molar-refractivity contribution in [1.29, 1.82) is 0 Å². The van der Waals surface area contributed by atoms with Gasteiger partial charge in [-0.25, -0.2) is 0 Å². The summed E-state index contributed by atoms with van der Waals surface area (Å²) in [5.41, 5.74) is 1.68. The lowest BCUT2D eigenvalue weighted by Gasteiger charge is -2.21. The van der Waals surface area contributed by atoms with E-state index in [1.807, 2.05) is 37.3 Å². The van der Waals surface area contributed by atoms with Crippen LogP contribution >= 0.6 is 0 Å². The second-order valence-electron chi connectivity index (χ2n) is 8.24. The predicted molar refractivity (Wildman–Crippen MR) is 121 cm³/mol. The molecular formula is C25H27N3O3. The predicted octanol–water partition coefficient (Wildman–Crippen LogP) is 4.34. The molecule has 1 heterocycles. The standard InChI is InChI=1S/C25H27N3O3/c1-17-13-14-21(20-11-6-5-10-19(17)20)24(29)27-22-12-7-15-28(31)23(22)25(30)26-16-18-8-3-2-4-9-18/h5-7,10-15,18H,2-4,8-9,16H2,1H3,(H,26,30)(H,27,29). The van der Waals surface area contributed by atoms with Crippen molar-refractivity contribution in [3.05, 3.63) is 76.8 Å². The van der Waals surface area contributed by atoms with Gasteiger partial charge < -0.3 is 15.8 Å². The lowest BCUT2D eigenvalue weighted by atomic mass is 9.89. The Morgan fingerprint density at radius 2 is 1.71 bits per heavy atom. The highest BCUT2D eigenvalue weighted by Gasteiger charge is 2.25. The summed E-state index contributed by atoms with van der Waals surface area (Å²) >= 11 is 0. The first kappa shape index (κ1) is 20.8. The van der Waals surface area contributed by atoms with E-state index < -0.39 is 5.91 Å². The van der Waals surface area contributed by atoms with Crippen LogP contribution in [0.4, 0.5) is 5.69 Å². The van der Waals surface area contributed by atoms with E-state index in [9.17, 15) is 14.8 Å². The maximum atomic E-state index is 13.1. The zero-order valence-electron chi connectivity index (χ0n) is 17.7. The Kier molecular flexibility index (Phi) is 6.16. The molecule has 1 fully saturated rings. The molecule has 2 amide bonds. The third kappa shape index (κ3) is 4.53. The summed E-state index contributed by atoms with van der Waals surface area (Å²) in [5.74, 6) is -0.382. The minimum atomic E-state index is -0.467. The molecule has 31 heavy (non-hydrogen) atoms. The molecule has 4 rings (SSSR count). The van der Waals surface area contributed by atoms with Crippen LogP contribution in [0.15, 0.2) is 54.7 Å². The maximum Gasteiger partial charge on any atom is 0.319 e. The first-order valence-corrected chi connectivity index (χ1v) is 10.8. The minimum absolute atomic E-state index is 0.0944. The van der Waals surface area contributed by atoms with Gasteiger partial charge in [0.2, 0.25) is 0 Å². The van der Waals surface area contributed by atoms with Crippen molar-refractivity contribution in [2.75, 3.05) is 11.9 Å². The van der Waals surface area contributed by atoms with Crippen LogP contribution in [-0.2, 0) is 0 Å². The zero-order chi connectivity index (χ0) is 21.8. The highest BCUT2D eigenvalue weighted by molar-refractivity contribution is 6.14. The Bertz CT molecular complexity index is 1120. The van der Waals surface area contributed by atoms with Crippen LogP contribution in [0.2, 0.25) is 0 Å². The molecule has 0 atom stereocenters. The first-order chi connectivity index (χ1) is 15.0. The maximum absolute atomic E-state index is 13.1. The van der Waals surface area contributed by atoms with E-state index in [2.05, 4.69) is 10.6 Å². The molecule has 0 saturated heterocycles. The number of anilines is 1. The van der Waals surface area contributed by atoms with Crippen molar-refractivity contribution in [3.8, 4) is 0 Å². The number of hydrogen-bond donors (Lipinski definition) is 2. The Balaban J connectivity index is 1.57. The van der Waals surface area contributed by atoms with Crippen molar-refractivity contribution >= 4 is 28.3 Å². The number of aryl methyl sites for hydroxylation is 1. The molecule has 0 spiro atoms. The van der Waals surface area contributed by atoms with E-state index in [0.29, 0.717) is 22.8 Å². The van der Waals surface area contributed by atoms with Gasteiger partial charge in [0.05, 0.1) is 0 Å². The molecule has 6 nitrogen and oxygen atoms in total. The molecule has 2 aromatic carbocycles. The number of aromatic nitrogens is 1. The van der Waals surface area contributed by atoms with Gasteiger partial charge in [0.25, 0.3) is 5.91 Å². The average molecular weight is 418 g/mol. The second-order valence-corrected chi connectivity index (χ2v) is 8.24. The van der Waals surface area contributed by atoms with Gasteiger partial charge in [-0.1, -0.05) is 49.6 Å². The molecule has 1 aliphatic carbocycles. The Hall–Kier alpha value is -3.41. The number of benzene rings is 2. The van der Waals surface area contributed by atoms with Crippen molar-refractivity contribution in [3.63, 3.8) is 0 Å². The summed E-state index contributed by atoms with van der Waals surface area (Å²) in [6.45, 7) is 2.54. The monoisotopic (exact) mass is 417 g/mol. The van der Waals surface area contributed by atoms with Gasteiger partial charge in [0.15, 0.2) is 6.20 Å². The van der Waals surface area contributed by atoms with Crippen molar-refractivity contribution < 1.29 is 14.3 Å². The highest BCUT2D eigenvalue weighted by atomic mass is 16.5. The van der Waals surface area contributed by atoms with Crippen LogP contribution in [0.3, 0.4) is 0 Å². The Morgan fingerprint density at radius 3 is 2.48 bits per heavy atom. The van der Waals surface area contributed by atoms with Crippen molar-refractivity contribution in [2.24, 2.45) is 5.92 Å². The molecule has 0 bridgehead atoms. The fourth-order valence-electron chi connectivity index (χ4n) is 4.36. The number of carbonyl (C=O) groups excluding carboxylic acids is 2. The molecule has 0 unspecified atom stereocenters. The van der Waals surface area contributed by atoms with Gasteiger partial charge >= 0.3 is 11.6 Å². The molecule has 1 aromatic heterocycles.